The van der Waals surface area contributed by atoms with Crippen molar-refractivity contribution in [3.8, 4) is 0 Å². The van der Waals surface area contributed by atoms with E-state index in [1.54, 1.807) is 0 Å². The standard InChI is InChI=1S/C24H27N3O/c1-2-3-15-26-18-20(17-23(26)28)24-25-21-13-7-8-14-22(21)27(24)16-9-12-19-10-5-4-6-11-19/h4-14,20H,2-3,15-18H2,1H3/b12-9+/t20-/m1/s1. The minimum absolute atomic E-state index is 0.168. The van der Waals surface area contributed by atoms with Gasteiger partial charge in [0.15, 0.2) is 0 Å². The first-order chi connectivity index (χ1) is 13.8. The SMILES string of the molecule is CCCCN1C[C@H](c2nc3ccccc3n2C/C=C/c2ccccc2)CC1=O. The van der Waals surface area contributed by atoms with Crippen LogP contribution in [0.2, 0.25) is 0 Å². The van der Waals surface area contributed by atoms with E-state index in [1.807, 2.05) is 29.2 Å². The Bertz CT molecular complexity index is 974. The summed E-state index contributed by atoms with van der Waals surface area (Å²) >= 11 is 0. The van der Waals surface area contributed by atoms with Crippen LogP contribution in [0.5, 0.6) is 0 Å². The lowest BCUT2D eigenvalue weighted by molar-refractivity contribution is -0.127. The molecule has 2 aromatic carbocycles. The van der Waals surface area contributed by atoms with Crippen LogP contribution in [0.3, 0.4) is 0 Å². The van der Waals surface area contributed by atoms with Crippen molar-refractivity contribution < 1.29 is 4.79 Å². The molecule has 1 aliphatic rings. The predicted octanol–water partition coefficient (Wildman–Crippen LogP) is 4.87. The molecule has 0 unspecified atom stereocenters. The summed E-state index contributed by atoms with van der Waals surface area (Å²) in [6.07, 6.45) is 7.06. The number of amides is 1. The summed E-state index contributed by atoms with van der Waals surface area (Å²) in [5.74, 6) is 1.46. The monoisotopic (exact) mass is 373 g/mol. The molecule has 144 valence electrons. The number of carbonyl (C=O) groups is 1. The van der Waals surface area contributed by atoms with Gasteiger partial charge < -0.3 is 9.47 Å². The van der Waals surface area contributed by atoms with Gasteiger partial charge in [0.25, 0.3) is 0 Å². The number of benzene rings is 2. The molecule has 3 aromatic rings. The molecule has 1 aromatic heterocycles. The second-order valence-corrected chi connectivity index (χ2v) is 7.48. The summed E-state index contributed by atoms with van der Waals surface area (Å²) < 4.78 is 2.27. The van der Waals surface area contributed by atoms with Crippen LogP contribution in [0.1, 0.15) is 43.5 Å². The molecule has 1 aliphatic heterocycles. The fourth-order valence-electron chi connectivity index (χ4n) is 3.97. The molecule has 0 saturated carbocycles. The smallest absolute Gasteiger partial charge is 0.223 e. The number of likely N-dealkylation sites (tertiary alicyclic amines) is 1. The summed E-state index contributed by atoms with van der Waals surface area (Å²) in [6, 6.07) is 18.6. The molecule has 4 rings (SSSR count). The molecule has 4 heteroatoms. The Morgan fingerprint density at radius 3 is 2.71 bits per heavy atom. The van der Waals surface area contributed by atoms with Crippen LogP contribution in [-0.2, 0) is 11.3 Å². The summed E-state index contributed by atoms with van der Waals surface area (Å²) in [7, 11) is 0. The average molecular weight is 374 g/mol. The van der Waals surface area contributed by atoms with Gasteiger partial charge in [-0.15, -0.1) is 0 Å². The normalized spacial score (nSPS) is 17.2. The number of carbonyl (C=O) groups excluding carboxylic acids is 1. The zero-order valence-electron chi connectivity index (χ0n) is 16.4. The van der Waals surface area contributed by atoms with Gasteiger partial charge in [-0.3, -0.25) is 4.79 Å². The number of imidazole rings is 1. The molecule has 0 aliphatic carbocycles. The number of fused-ring (bicyclic) bond motifs is 1. The molecule has 0 N–H and O–H groups in total. The van der Waals surface area contributed by atoms with Crippen molar-refractivity contribution in [1.29, 1.82) is 0 Å². The topological polar surface area (TPSA) is 38.1 Å². The van der Waals surface area contributed by atoms with E-state index in [0.29, 0.717) is 6.42 Å². The average Bonchev–Trinajstić information content (AvgIpc) is 3.28. The lowest BCUT2D eigenvalue weighted by Crippen LogP contribution is -2.26. The Morgan fingerprint density at radius 1 is 1.11 bits per heavy atom. The molecule has 0 radical (unpaired) electrons. The van der Waals surface area contributed by atoms with Gasteiger partial charge in [0.1, 0.15) is 5.82 Å². The molecule has 1 atom stereocenters. The van der Waals surface area contributed by atoms with Gasteiger partial charge in [-0.2, -0.15) is 0 Å². The van der Waals surface area contributed by atoms with Crippen molar-refractivity contribution in [2.75, 3.05) is 13.1 Å². The maximum atomic E-state index is 12.5. The van der Waals surface area contributed by atoms with Gasteiger partial charge in [-0.05, 0) is 24.1 Å². The van der Waals surface area contributed by atoms with Crippen molar-refractivity contribution in [3.05, 3.63) is 72.1 Å². The van der Waals surface area contributed by atoms with Crippen LogP contribution in [0.4, 0.5) is 0 Å². The fraction of sp³-hybridized carbons (Fsp3) is 0.333. The molecule has 1 amide bonds. The molecule has 2 heterocycles. The van der Waals surface area contributed by atoms with Crippen LogP contribution in [-0.4, -0.2) is 33.4 Å². The summed E-state index contributed by atoms with van der Waals surface area (Å²) in [6.45, 7) is 4.56. The van der Waals surface area contributed by atoms with E-state index in [1.165, 1.54) is 5.56 Å². The maximum Gasteiger partial charge on any atom is 0.223 e. The third-order valence-electron chi connectivity index (χ3n) is 5.44. The van der Waals surface area contributed by atoms with Crippen LogP contribution >= 0.6 is 0 Å². The van der Waals surface area contributed by atoms with Gasteiger partial charge in [-0.25, -0.2) is 4.98 Å². The lowest BCUT2D eigenvalue weighted by Gasteiger charge is -2.16. The van der Waals surface area contributed by atoms with E-state index >= 15 is 0 Å². The predicted molar refractivity (Wildman–Crippen MR) is 114 cm³/mol. The first-order valence-corrected chi connectivity index (χ1v) is 10.2. The van der Waals surface area contributed by atoms with Crippen molar-refractivity contribution >= 4 is 23.0 Å². The van der Waals surface area contributed by atoms with Crippen molar-refractivity contribution in [2.24, 2.45) is 0 Å². The highest BCUT2D eigenvalue weighted by molar-refractivity contribution is 5.81. The van der Waals surface area contributed by atoms with Gasteiger partial charge >= 0.3 is 0 Å². The molecular weight excluding hydrogens is 346 g/mol. The van der Waals surface area contributed by atoms with Crippen LogP contribution < -0.4 is 0 Å². The number of nitrogens with zero attached hydrogens (tertiary/aromatic N) is 3. The zero-order chi connectivity index (χ0) is 19.3. The number of allylic oxidation sites excluding steroid dienone is 1. The summed E-state index contributed by atoms with van der Waals surface area (Å²) in [5, 5.41) is 0. The van der Waals surface area contributed by atoms with Gasteiger partial charge in [0.2, 0.25) is 5.91 Å². The second kappa shape index (κ2) is 8.42. The van der Waals surface area contributed by atoms with Crippen molar-refractivity contribution in [3.63, 3.8) is 0 Å². The lowest BCUT2D eigenvalue weighted by atomic mass is 10.1. The van der Waals surface area contributed by atoms with Gasteiger partial charge in [-0.1, -0.05) is 68.0 Å². The second-order valence-electron chi connectivity index (χ2n) is 7.48. The number of hydrogen-bond donors (Lipinski definition) is 0. The highest BCUT2D eigenvalue weighted by atomic mass is 16.2. The van der Waals surface area contributed by atoms with E-state index in [0.717, 1.165) is 49.3 Å². The number of hydrogen-bond acceptors (Lipinski definition) is 2. The van der Waals surface area contributed by atoms with Crippen LogP contribution in [0.15, 0.2) is 60.7 Å². The Morgan fingerprint density at radius 2 is 1.89 bits per heavy atom. The van der Waals surface area contributed by atoms with E-state index in [-0.39, 0.29) is 11.8 Å². The highest BCUT2D eigenvalue weighted by Crippen LogP contribution is 2.30. The Balaban J connectivity index is 1.60. The summed E-state index contributed by atoms with van der Waals surface area (Å²) in [4.78, 5) is 19.4. The van der Waals surface area contributed by atoms with E-state index in [2.05, 4.69) is 54.0 Å². The molecule has 1 fully saturated rings. The Labute approximate surface area is 166 Å². The zero-order valence-corrected chi connectivity index (χ0v) is 16.4. The first-order valence-electron chi connectivity index (χ1n) is 10.2. The van der Waals surface area contributed by atoms with Gasteiger partial charge in [0.05, 0.1) is 11.0 Å². The largest absolute Gasteiger partial charge is 0.342 e. The molecule has 0 bridgehead atoms. The minimum atomic E-state index is 0.168. The summed E-state index contributed by atoms with van der Waals surface area (Å²) in [5.41, 5.74) is 3.33. The Hall–Kier alpha value is -2.88. The quantitative estimate of drug-likeness (QED) is 0.593. The number of aromatic nitrogens is 2. The molecule has 28 heavy (non-hydrogen) atoms. The number of unbranched alkanes of at least 4 members (excludes halogenated alkanes) is 1. The van der Waals surface area contributed by atoms with Crippen LogP contribution in [0, 0.1) is 0 Å². The van der Waals surface area contributed by atoms with E-state index in [4.69, 9.17) is 4.98 Å². The minimum Gasteiger partial charge on any atom is -0.342 e. The molecule has 4 nitrogen and oxygen atoms in total. The Kier molecular flexibility index (Phi) is 5.56. The van der Waals surface area contributed by atoms with Crippen molar-refractivity contribution in [1.82, 2.24) is 14.5 Å². The van der Waals surface area contributed by atoms with Gasteiger partial charge in [0, 0.05) is 32.0 Å². The molecular formula is C24H27N3O. The fourth-order valence-corrected chi connectivity index (χ4v) is 3.97. The van der Waals surface area contributed by atoms with Crippen LogP contribution in [0.25, 0.3) is 17.1 Å². The van der Waals surface area contributed by atoms with E-state index < -0.39 is 0 Å². The molecule has 1 saturated heterocycles. The molecule has 0 spiro atoms. The highest BCUT2D eigenvalue weighted by Gasteiger charge is 2.33. The first kappa shape index (κ1) is 18.5. The third kappa shape index (κ3) is 3.86. The van der Waals surface area contributed by atoms with Crippen molar-refractivity contribution in [2.45, 2.75) is 38.6 Å². The number of rotatable bonds is 7. The maximum absolute atomic E-state index is 12.5. The van der Waals surface area contributed by atoms with E-state index in [9.17, 15) is 4.79 Å². The number of para-hydroxylation sites is 2. The third-order valence-corrected chi connectivity index (χ3v) is 5.44.